The molecule has 0 radical (unpaired) electrons. The third kappa shape index (κ3) is 2.91. The molecule has 0 fully saturated rings. The van der Waals surface area contributed by atoms with Crippen molar-refractivity contribution in [3.8, 4) is 0 Å². The largest absolute Gasteiger partial charge is 0.270 e. The van der Waals surface area contributed by atoms with Gasteiger partial charge >= 0.3 is 0 Å². The highest BCUT2D eigenvalue weighted by Crippen LogP contribution is 2.33. The molecule has 1 heterocycles. The van der Waals surface area contributed by atoms with Crippen molar-refractivity contribution < 1.29 is 8.42 Å². The summed E-state index contributed by atoms with van der Waals surface area (Å²) in [5.74, 6) is -0.141. The molecule has 0 bridgehead atoms. The Kier molecular flexibility index (Phi) is 4.65. The molecule has 0 aliphatic heterocycles. The zero-order valence-electron chi connectivity index (χ0n) is 12.2. The van der Waals surface area contributed by atoms with E-state index < -0.39 is 9.84 Å². The van der Waals surface area contributed by atoms with Crippen molar-refractivity contribution in [2.75, 3.05) is 0 Å². The quantitative estimate of drug-likeness (QED) is 0.843. The van der Waals surface area contributed by atoms with Crippen LogP contribution < -0.4 is 5.56 Å². The molecular weight excluding hydrogens is 347 g/mol. The molecule has 0 spiro atoms. The van der Waals surface area contributed by atoms with Gasteiger partial charge in [0.15, 0.2) is 5.03 Å². The zero-order valence-corrected chi connectivity index (χ0v) is 14.5. The molecule has 1 aromatic carbocycles. The van der Waals surface area contributed by atoms with Crippen LogP contribution in [-0.4, -0.2) is 18.2 Å². The molecule has 0 atom stereocenters. The Morgan fingerprint density at radius 3 is 2.23 bits per heavy atom. The summed E-state index contributed by atoms with van der Waals surface area (Å²) in [6, 6.07) is 5.71. The molecule has 2 rings (SSSR count). The maximum Gasteiger partial charge on any atom is 0.270 e. The number of nitrogens with zero attached hydrogens (tertiary/aromatic N) is 2. The maximum absolute atomic E-state index is 12.8. The molecular formula is C14H14Cl2N2O3S. The third-order valence-corrected chi connectivity index (χ3v) is 5.73. The van der Waals surface area contributed by atoms with Crippen LogP contribution >= 0.6 is 23.2 Å². The summed E-state index contributed by atoms with van der Waals surface area (Å²) in [5, 5.41) is 3.61. The smallest absolute Gasteiger partial charge is 0.268 e. The van der Waals surface area contributed by atoms with Gasteiger partial charge in [0, 0.05) is 12.6 Å². The Bertz CT molecular complexity index is 869. The van der Waals surface area contributed by atoms with E-state index in [0.29, 0.717) is 5.56 Å². The number of aryl methyl sites for hydroxylation is 1. The van der Waals surface area contributed by atoms with Crippen molar-refractivity contribution >= 4 is 33.0 Å². The van der Waals surface area contributed by atoms with Crippen LogP contribution in [0.3, 0.4) is 0 Å². The van der Waals surface area contributed by atoms with Gasteiger partial charge in [-0.1, -0.05) is 43.1 Å². The Morgan fingerprint density at radius 1 is 1.18 bits per heavy atom. The molecule has 0 amide bonds. The summed E-state index contributed by atoms with van der Waals surface area (Å²) in [7, 11) is -2.63. The molecule has 0 aliphatic rings. The molecule has 0 saturated carbocycles. The lowest BCUT2D eigenvalue weighted by Gasteiger charge is -2.12. The summed E-state index contributed by atoms with van der Waals surface area (Å²) in [6.07, 6.45) is 0. The maximum atomic E-state index is 12.8. The SMILES string of the molecule is CC(C)c1cc(S(=O)(=O)c2c(Cl)cccc2Cl)nn(C)c1=O. The summed E-state index contributed by atoms with van der Waals surface area (Å²) >= 11 is 12.0. The van der Waals surface area contributed by atoms with Crippen molar-refractivity contribution in [1.82, 2.24) is 9.78 Å². The topological polar surface area (TPSA) is 69.0 Å². The number of aromatic nitrogens is 2. The highest BCUT2D eigenvalue weighted by Gasteiger charge is 2.27. The molecule has 22 heavy (non-hydrogen) atoms. The van der Waals surface area contributed by atoms with Crippen LogP contribution in [0.1, 0.15) is 25.3 Å². The van der Waals surface area contributed by atoms with E-state index in [1.807, 2.05) is 0 Å². The van der Waals surface area contributed by atoms with E-state index in [-0.39, 0.29) is 31.4 Å². The lowest BCUT2D eigenvalue weighted by atomic mass is 10.1. The van der Waals surface area contributed by atoms with Crippen molar-refractivity contribution in [2.24, 2.45) is 7.05 Å². The number of hydrogen-bond acceptors (Lipinski definition) is 4. The molecule has 8 heteroatoms. The summed E-state index contributed by atoms with van der Waals surface area (Å²) in [6.45, 7) is 3.60. The molecule has 1 aromatic heterocycles. The van der Waals surface area contributed by atoms with Crippen molar-refractivity contribution in [3.05, 3.63) is 50.2 Å². The van der Waals surface area contributed by atoms with Gasteiger partial charge in [-0.15, -0.1) is 0 Å². The van der Waals surface area contributed by atoms with Crippen LogP contribution in [0.15, 0.2) is 39.0 Å². The van der Waals surface area contributed by atoms with Gasteiger partial charge in [-0.05, 0) is 24.1 Å². The Labute approximate surface area is 138 Å². The first-order chi connectivity index (χ1) is 10.2. The minimum atomic E-state index is -4.03. The first-order valence-electron chi connectivity index (χ1n) is 6.43. The summed E-state index contributed by atoms with van der Waals surface area (Å²) < 4.78 is 26.5. The molecule has 0 aliphatic carbocycles. The number of rotatable bonds is 3. The second kappa shape index (κ2) is 6.02. The van der Waals surface area contributed by atoms with Crippen molar-refractivity contribution in [2.45, 2.75) is 29.7 Å². The second-order valence-corrected chi connectivity index (χ2v) is 7.72. The second-order valence-electron chi connectivity index (χ2n) is 5.08. The van der Waals surface area contributed by atoms with Crippen LogP contribution in [0.25, 0.3) is 0 Å². The molecule has 5 nitrogen and oxygen atoms in total. The van der Waals surface area contributed by atoms with Crippen LogP contribution in [0.4, 0.5) is 0 Å². The minimum Gasteiger partial charge on any atom is -0.268 e. The number of halogens is 2. The van der Waals surface area contributed by atoms with E-state index in [2.05, 4.69) is 5.10 Å². The van der Waals surface area contributed by atoms with Crippen LogP contribution in [0.5, 0.6) is 0 Å². The first kappa shape index (κ1) is 17.0. The van der Waals surface area contributed by atoms with Gasteiger partial charge in [0.05, 0.1) is 10.0 Å². The normalized spacial score (nSPS) is 11.9. The average molecular weight is 361 g/mol. The third-order valence-electron chi connectivity index (χ3n) is 3.15. The van der Waals surface area contributed by atoms with E-state index in [1.165, 1.54) is 25.2 Å². The highest BCUT2D eigenvalue weighted by atomic mass is 35.5. The van der Waals surface area contributed by atoms with E-state index in [9.17, 15) is 13.2 Å². The standard InChI is InChI=1S/C14H14Cl2N2O3S/c1-8(2)9-7-12(17-18(3)14(9)19)22(20,21)13-10(15)5-4-6-11(13)16/h4-8H,1-3H3. The molecule has 0 N–H and O–H groups in total. The fourth-order valence-corrected chi connectivity index (χ4v) is 4.37. The summed E-state index contributed by atoms with van der Waals surface area (Å²) in [5.41, 5.74) is 0.0263. The Balaban J connectivity index is 2.78. The Morgan fingerprint density at radius 2 is 1.73 bits per heavy atom. The van der Waals surface area contributed by atoms with E-state index in [1.54, 1.807) is 19.9 Å². The lowest BCUT2D eigenvalue weighted by molar-refractivity contribution is 0.574. The van der Waals surface area contributed by atoms with Gasteiger partial charge in [-0.25, -0.2) is 13.1 Å². The lowest BCUT2D eigenvalue weighted by Crippen LogP contribution is -2.26. The van der Waals surface area contributed by atoms with Gasteiger partial charge in [0.2, 0.25) is 9.84 Å². The van der Waals surface area contributed by atoms with Crippen LogP contribution in [-0.2, 0) is 16.9 Å². The molecule has 0 unspecified atom stereocenters. The number of benzene rings is 1. The number of hydrogen-bond donors (Lipinski definition) is 0. The predicted octanol–water partition coefficient (Wildman–Crippen LogP) is 3.04. The highest BCUT2D eigenvalue weighted by molar-refractivity contribution is 7.91. The summed E-state index contributed by atoms with van der Waals surface area (Å²) in [4.78, 5) is 11.8. The van der Waals surface area contributed by atoms with E-state index >= 15 is 0 Å². The average Bonchev–Trinajstić information content (AvgIpc) is 2.40. The van der Waals surface area contributed by atoms with Gasteiger partial charge in [-0.3, -0.25) is 4.79 Å². The van der Waals surface area contributed by atoms with E-state index in [4.69, 9.17) is 23.2 Å². The van der Waals surface area contributed by atoms with Gasteiger partial charge in [0.25, 0.3) is 5.56 Å². The molecule has 2 aromatic rings. The molecule has 118 valence electrons. The van der Waals surface area contributed by atoms with Gasteiger partial charge in [-0.2, -0.15) is 5.10 Å². The van der Waals surface area contributed by atoms with Gasteiger partial charge < -0.3 is 0 Å². The van der Waals surface area contributed by atoms with Gasteiger partial charge in [0.1, 0.15) is 4.90 Å². The molecule has 0 saturated heterocycles. The van der Waals surface area contributed by atoms with E-state index in [0.717, 1.165) is 4.68 Å². The number of sulfone groups is 1. The monoisotopic (exact) mass is 360 g/mol. The van der Waals surface area contributed by atoms with Crippen LogP contribution in [0.2, 0.25) is 10.0 Å². The van der Waals surface area contributed by atoms with Crippen molar-refractivity contribution in [1.29, 1.82) is 0 Å². The Hall–Kier alpha value is -1.37. The minimum absolute atomic E-state index is 0.00856. The van der Waals surface area contributed by atoms with Crippen molar-refractivity contribution in [3.63, 3.8) is 0 Å². The van der Waals surface area contributed by atoms with Crippen LogP contribution in [0, 0.1) is 0 Å². The predicted molar refractivity (Wildman–Crippen MR) is 85.5 cm³/mol. The fraction of sp³-hybridized carbons (Fsp3) is 0.286. The first-order valence-corrected chi connectivity index (χ1v) is 8.67. The zero-order chi connectivity index (χ0) is 16.7. The fourth-order valence-electron chi connectivity index (χ4n) is 1.99.